The molecule has 0 bridgehead atoms. The molecular weight excluding hydrogens is 370 g/mol. The number of fused-ring (bicyclic) bond motifs is 1. The van der Waals surface area contributed by atoms with E-state index in [1.807, 2.05) is 41.3 Å². The lowest BCUT2D eigenvalue weighted by Gasteiger charge is -2.22. The molecule has 7 heteroatoms. The first-order chi connectivity index (χ1) is 13.7. The number of anilines is 1. The SMILES string of the molecule is CCCn1c(SCC(=O)N2c3ccccc3C[C@@H]2C)nnc1-c1ccccn1. The molecule has 0 N–H and O–H groups in total. The first kappa shape index (κ1) is 18.7. The van der Waals surface area contributed by atoms with E-state index >= 15 is 0 Å². The fraction of sp³-hybridized carbons (Fsp3) is 0.333. The molecule has 4 rings (SSSR count). The van der Waals surface area contributed by atoms with E-state index in [4.69, 9.17) is 0 Å². The molecule has 0 radical (unpaired) electrons. The molecule has 2 aromatic heterocycles. The monoisotopic (exact) mass is 393 g/mol. The summed E-state index contributed by atoms with van der Waals surface area (Å²) in [5.74, 6) is 1.19. The normalized spacial score (nSPS) is 15.6. The Morgan fingerprint density at radius 2 is 2.00 bits per heavy atom. The van der Waals surface area contributed by atoms with Gasteiger partial charge in [-0.15, -0.1) is 10.2 Å². The smallest absolute Gasteiger partial charge is 0.237 e. The Balaban J connectivity index is 1.52. The summed E-state index contributed by atoms with van der Waals surface area (Å²) < 4.78 is 2.06. The van der Waals surface area contributed by atoms with Crippen LogP contribution in [-0.4, -0.2) is 37.5 Å². The summed E-state index contributed by atoms with van der Waals surface area (Å²) >= 11 is 1.44. The number of nitrogens with zero attached hydrogens (tertiary/aromatic N) is 5. The number of pyridine rings is 1. The minimum absolute atomic E-state index is 0.105. The number of benzene rings is 1. The van der Waals surface area contributed by atoms with Gasteiger partial charge >= 0.3 is 0 Å². The Morgan fingerprint density at radius 3 is 2.79 bits per heavy atom. The maximum Gasteiger partial charge on any atom is 0.237 e. The van der Waals surface area contributed by atoms with Crippen molar-refractivity contribution in [2.75, 3.05) is 10.7 Å². The van der Waals surface area contributed by atoms with Crippen LogP contribution in [0.25, 0.3) is 11.5 Å². The van der Waals surface area contributed by atoms with Gasteiger partial charge in [-0.25, -0.2) is 0 Å². The van der Waals surface area contributed by atoms with Crippen LogP contribution in [0.4, 0.5) is 5.69 Å². The molecular formula is C21H23N5OS. The summed E-state index contributed by atoms with van der Waals surface area (Å²) in [6.45, 7) is 5.00. The summed E-state index contributed by atoms with van der Waals surface area (Å²) in [6.07, 6.45) is 3.61. The van der Waals surface area contributed by atoms with Crippen molar-refractivity contribution in [3.63, 3.8) is 0 Å². The van der Waals surface area contributed by atoms with Crippen LogP contribution < -0.4 is 4.90 Å². The van der Waals surface area contributed by atoms with Crippen molar-refractivity contribution < 1.29 is 4.79 Å². The fourth-order valence-corrected chi connectivity index (χ4v) is 4.47. The van der Waals surface area contributed by atoms with Crippen LogP contribution in [0.5, 0.6) is 0 Å². The van der Waals surface area contributed by atoms with Gasteiger partial charge in [0.1, 0.15) is 5.69 Å². The first-order valence-electron chi connectivity index (χ1n) is 9.56. The minimum Gasteiger partial charge on any atom is -0.308 e. The van der Waals surface area contributed by atoms with Crippen molar-refractivity contribution in [1.29, 1.82) is 0 Å². The number of aromatic nitrogens is 4. The Labute approximate surface area is 169 Å². The average Bonchev–Trinajstić information content (AvgIpc) is 3.27. The second-order valence-electron chi connectivity index (χ2n) is 6.91. The quantitative estimate of drug-likeness (QED) is 0.596. The van der Waals surface area contributed by atoms with E-state index in [-0.39, 0.29) is 11.9 Å². The molecule has 0 unspecified atom stereocenters. The Bertz CT molecular complexity index is 972. The van der Waals surface area contributed by atoms with E-state index in [9.17, 15) is 4.79 Å². The lowest BCUT2D eigenvalue weighted by Crippen LogP contribution is -2.37. The first-order valence-corrected chi connectivity index (χ1v) is 10.5. The number of carbonyl (C=O) groups is 1. The highest BCUT2D eigenvalue weighted by molar-refractivity contribution is 7.99. The van der Waals surface area contributed by atoms with E-state index in [2.05, 4.69) is 39.7 Å². The maximum atomic E-state index is 13.0. The molecule has 1 aliphatic heterocycles. The van der Waals surface area contributed by atoms with Gasteiger partial charge < -0.3 is 9.47 Å². The van der Waals surface area contributed by atoms with Gasteiger partial charge in [0.25, 0.3) is 0 Å². The summed E-state index contributed by atoms with van der Waals surface area (Å²) in [5, 5.41) is 9.43. The van der Waals surface area contributed by atoms with Crippen molar-refractivity contribution in [3.05, 3.63) is 54.2 Å². The molecule has 3 aromatic rings. The van der Waals surface area contributed by atoms with Crippen molar-refractivity contribution in [3.8, 4) is 11.5 Å². The second-order valence-corrected chi connectivity index (χ2v) is 7.85. The molecule has 0 saturated heterocycles. The van der Waals surface area contributed by atoms with Crippen molar-refractivity contribution in [2.24, 2.45) is 0 Å². The Morgan fingerprint density at radius 1 is 1.18 bits per heavy atom. The zero-order chi connectivity index (χ0) is 19.5. The number of hydrogen-bond acceptors (Lipinski definition) is 5. The predicted molar refractivity (Wildman–Crippen MR) is 111 cm³/mol. The largest absolute Gasteiger partial charge is 0.308 e. The molecule has 144 valence electrons. The molecule has 0 saturated carbocycles. The van der Waals surface area contributed by atoms with Crippen LogP contribution >= 0.6 is 11.8 Å². The number of amides is 1. The summed E-state index contributed by atoms with van der Waals surface area (Å²) in [6, 6.07) is 14.1. The van der Waals surface area contributed by atoms with Crippen LogP contribution in [0.1, 0.15) is 25.8 Å². The van der Waals surface area contributed by atoms with Gasteiger partial charge in [0.15, 0.2) is 11.0 Å². The number of thioether (sulfide) groups is 1. The summed E-state index contributed by atoms with van der Waals surface area (Å²) in [4.78, 5) is 19.3. The predicted octanol–water partition coefficient (Wildman–Crippen LogP) is 3.82. The third-order valence-electron chi connectivity index (χ3n) is 4.86. The highest BCUT2D eigenvalue weighted by Gasteiger charge is 2.30. The summed E-state index contributed by atoms with van der Waals surface area (Å²) in [5.41, 5.74) is 3.06. The van der Waals surface area contributed by atoms with E-state index in [1.54, 1.807) is 6.20 Å². The average molecular weight is 394 g/mol. The van der Waals surface area contributed by atoms with Crippen LogP contribution in [0.2, 0.25) is 0 Å². The zero-order valence-corrected chi connectivity index (χ0v) is 16.9. The van der Waals surface area contributed by atoms with E-state index in [0.717, 1.165) is 41.7 Å². The maximum absolute atomic E-state index is 13.0. The third-order valence-corrected chi connectivity index (χ3v) is 5.81. The van der Waals surface area contributed by atoms with Crippen molar-refractivity contribution in [1.82, 2.24) is 19.7 Å². The minimum atomic E-state index is 0.105. The lowest BCUT2D eigenvalue weighted by atomic mass is 10.1. The number of carbonyl (C=O) groups excluding carboxylic acids is 1. The number of para-hydroxylation sites is 1. The van der Waals surface area contributed by atoms with E-state index in [1.165, 1.54) is 17.3 Å². The number of rotatable bonds is 6. The summed E-state index contributed by atoms with van der Waals surface area (Å²) in [7, 11) is 0. The van der Waals surface area contributed by atoms with Gasteiger partial charge in [0.05, 0.1) is 5.75 Å². The molecule has 3 heterocycles. The standard InChI is InChI=1S/C21H23N5OS/c1-3-12-25-20(17-9-6-7-11-22-17)23-24-21(25)28-14-19(27)26-15(2)13-16-8-4-5-10-18(16)26/h4-11,15H,3,12-14H2,1-2H3/t15-/m0/s1. The van der Waals surface area contributed by atoms with Crippen LogP contribution in [0.3, 0.4) is 0 Å². The second kappa shape index (κ2) is 8.14. The Hall–Kier alpha value is -2.67. The molecule has 1 amide bonds. The van der Waals surface area contributed by atoms with Gasteiger partial charge in [-0.2, -0.15) is 0 Å². The van der Waals surface area contributed by atoms with Crippen molar-refractivity contribution >= 4 is 23.4 Å². The van der Waals surface area contributed by atoms with Gasteiger partial charge in [-0.05, 0) is 43.5 Å². The fourth-order valence-electron chi connectivity index (χ4n) is 3.65. The molecule has 0 spiro atoms. The third kappa shape index (κ3) is 3.54. The Kier molecular flexibility index (Phi) is 5.43. The van der Waals surface area contributed by atoms with Crippen LogP contribution in [0.15, 0.2) is 53.8 Å². The molecule has 0 fully saturated rings. The molecule has 0 aliphatic carbocycles. The molecule has 28 heavy (non-hydrogen) atoms. The molecule has 1 aromatic carbocycles. The molecule has 1 atom stereocenters. The zero-order valence-electron chi connectivity index (χ0n) is 16.1. The van der Waals surface area contributed by atoms with Gasteiger partial charge in [0, 0.05) is 24.5 Å². The highest BCUT2D eigenvalue weighted by Crippen LogP contribution is 2.33. The van der Waals surface area contributed by atoms with E-state index in [0.29, 0.717) is 5.75 Å². The van der Waals surface area contributed by atoms with Gasteiger partial charge in [0.2, 0.25) is 5.91 Å². The van der Waals surface area contributed by atoms with Crippen LogP contribution in [-0.2, 0) is 17.8 Å². The highest BCUT2D eigenvalue weighted by atomic mass is 32.2. The van der Waals surface area contributed by atoms with E-state index < -0.39 is 0 Å². The van der Waals surface area contributed by atoms with Crippen molar-refractivity contribution in [2.45, 2.75) is 44.4 Å². The van der Waals surface area contributed by atoms with Crippen LogP contribution in [0, 0.1) is 0 Å². The topological polar surface area (TPSA) is 63.9 Å². The number of hydrogen-bond donors (Lipinski definition) is 0. The van der Waals surface area contributed by atoms with Gasteiger partial charge in [-0.1, -0.05) is 43.0 Å². The van der Waals surface area contributed by atoms with Gasteiger partial charge in [-0.3, -0.25) is 9.78 Å². The molecule has 6 nitrogen and oxygen atoms in total. The molecule has 1 aliphatic rings. The lowest BCUT2D eigenvalue weighted by molar-refractivity contribution is -0.116.